The van der Waals surface area contributed by atoms with Crippen molar-refractivity contribution in [3.05, 3.63) is 17.5 Å². The van der Waals surface area contributed by atoms with Crippen molar-refractivity contribution < 1.29 is 0 Å². The maximum Gasteiger partial charge on any atom is 0.225 e. The van der Waals surface area contributed by atoms with E-state index in [-0.39, 0.29) is 5.54 Å². The van der Waals surface area contributed by atoms with Gasteiger partial charge in [-0.3, -0.25) is 0 Å². The Morgan fingerprint density at radius 1 is 1.35 bits per heavy atom. The van der Waals surface area contributed by atoms with Gasteiger partial charge in [-0.2, -0.15) is 0 Å². The van der Waals surface area contributed by atoms with Gasteiger partial charge in [0.15, 0.2) is 0 Å². The fourth-order valence-corrected chi connectivity index (χ4v) is 2.80. The average molecular weight is 293 g/mol. The van der Waals surface area contributed by atoms with E-state index in [1.165, 1.54) is 19.3 Å². The predicted octanol–water partition coefficient (Wildman–Crippen LogP) is 1.34. The summed E-state index contributed by atoms with van der Waals surface area (Å²) in [7, 11) is 6.32. The molecular formula is C14H23N5S. The molecule has 0 radical (unpaired) electrons. The molecule has 5 nitrogen and oxygen atoms in total. The van der Waals surface area contributed by atoms with E-state index in [9.17, 15) is 0 Å². The summed E-state index contributed by atoms with van der Waals surface area (Å²) < 4.78 is 0. The molecule has 0 bridgehead atoms. The number of aromatic nitrogens is 2. The van der Waals surface area contributed by atoms with Gasteiger partial charge in [0, 0.05) is 24.8 Å². The summed E-state index contributed by atoms with van der Waals surface area (Å²) in [6.07, 6.45) is 3.73. The van der Waals surface area contributed by atoms with Crippen molar-refractivity contribution in [3.8, 4) is 0 Å². The molecule has 110 valence electrons. The highest BCUT2D eigenvalue weighted by Crippen LogP contribution is 2.37. The van der Waals surface area contributed by atoms with E-state index in [4.69, 9.17) is 18.0 Å². The van der Waals surface area contributed by atoms with Gasteiger partial charge in [-0.15, -0.1) is 0 Å². The number of nitrogens with zero attached hydrogens (tertiary/aromatic N) is 4. The number of rotatable bonds is 5. The van der Waals surface area contributed by atoms with Crippen molar-refractivity contribution >= 4 is 23.2 Å². The van der Waals surface area contributed by atoms with Crippen LogP contribution in [0, 0.1) is 6.92 Å². The van der Waals surface area contributed by atoms with Crippen LogP contribution in [0.25, 0.3) is 0 Å². The van der Waals surface area contributed by atoms with Gasteiger partial charge in [0.2, 0.25) is 5.95 Å². The SMILES string of the molecule is Cc1cc(C(N)=S)nc(N(C)CC2(N(C)C)CCC2)n1. The summed E-state index contributed by atoms with van der Waals surface area (Å²) >= 11 is 5.01. The van der Waals surface area contributed by atoms with Gasteiger partial charge < -0.3 is 15.5 Å². The molecule has 1 aromatic heterocycles. The molecule has 1 aliphatic carbocycles. The Bertz CT molecular complexity index is 510. The smallest absolute Gasteiger partial charge is 0.225 e. The van der Waals surface area contributed by atoms with E-state index in [2.05, 4.69) is 33.9 Å². The van der Waals surface area contributed by atoms with E-state index in [1.54, 1.807) is 0 Å². The Kier molecular flexibility index (Phi) is 4.25. The van der Waals surface area contributed by atoms with Crippen molar-refractivity contribution in [3.63, 3.8) is 0 Å². The Morgan fingerprint density at radius 3 is 2.45 bits per heavy atom. The molecule has 0 amide bonds. The van der Waals surface area contributed by atoms with E-state index >= 15 is 0 Å². The summed E-state index contributed by atoms with van der Waals surface area (Å²) in [5, 5.41) is 0. The van der Waals surface area contributed by atoms with Gasteiger partial charge in [-0.1, -0.05) is 12.2 Å². The Morgan fingerprint density at radius 2 is 2.00 bits per heavy atom. The molecule has 0 aliphatic heterocycles. The number of aryl methyl sites for hydroxylation is 1. The van der Waals surface area contributed by atoms with Crippen LogP contribution in [0.3, 0.4) is 0 Å². The Hall–Kier alpha value is -1.27. The van der Waals surface area contributed by atoms with Gasteiger partial charge in [-0.25, -0.2) is 9.97 Å². The molecule has 2 rings (SSSR count). The van der Waals surface area contributed by atoms with Gasteiger partial charge in [0.25, 0.3) is 0 Å². The number of anilines is 1. The second-order valence-electron chi connectivity index (χ2n) is 5.89. The minimum Gasteiger partial charge on any atom is -0.388 e. The first-order valence-corrected chi connectivity index (χ1v) is 7.29. The number of hydrogen-bond acceptors (Lipinski definition) is 5. The van der Waals surface area contributed by atoms with Crippen LogP contribution in [0.2, 0.25) is 0 Å². The molecule has 6 heteroatoms. The lowest BCUT2D eigenvalue weighted by atomic mass is 9.75. The van der Waals surface area contributed by atoms with Gasteiger partial charge in [0.05, 0.1) is 0 Å². The third-order valence-electron chi connectivity index (χ3n) is 4.20. The van der Waals surface area contributed by atoms with Crippen molar-refractivity contribution in [2.45, 2.75) is 31.7 Å². The summed E-state index contributed by atoms with van der Waals surface area (Å²) in [5.74, 6) is 0.695. The molecule has 20 heavy (non-hydrogen) atoms. The van der Waals surface area contributed by atoms with E-state index in [0.717, 1.165) is 12.2 Å². The van der Waals surface area contributed by atoms with Crippen LogP contribution in [-0.4, -0.2) is 53.1 Å². The van der Waals surface area contributed by atoms with Gasteiger partial charge in [0.1, 0.15) is 10.7 Å². The maximum atomic E-state index is 5.68. The zero-order valence-corrected chi connectivity index (χ0v) is 13.5. The lowest BCUT2D eigenvalue weighted by Crippen LogP contribution is -2.57. The highest BCUT2D eigenvalue weighted by atomic mass is 32.1. The van der Waals surface area contributed by atoms with Crippen molar-refractivity contribution in [2.24, 2.45) is 5.73 Å². The molecule has 0 atom stereocenters. The monoisotopic (exact) mass is 293 g/mol. The van der Waals surface area contributed by atoms with Crippen LogP contribution in [0.5, 0.6) is 0 Å². The molecule has 0 unspecified atom stereocenters. The number of nitrogens with two attached hydrogens (primary N) is 1. The topological polar surface area (TPSA) is 58.3 Å². The van der Waals surface area contributed by atoms with E-state index in [0.29, 0.717) is 16.6 Å². The van der Waals surface area contributed by atoms with Crippen molar-refractivity contribution in [2.75, 3.05) is 32.6 Å². The molecule has 1 heterocycles. The zero-order valence-electron chi connectivity index (χ0n) is 12.7. The normalized spacial score (nSPS) is 16.9. The first kappa shape index (κ1) is 15.1. The molecule has 1 fully saturated rings. The van der Waals surface area contributed by atoms with Crippen molar-refractivity contribution in [1.29, 1.82) is 0 Å². The highest BCUT2D eigenvalue weighted by Gasteiger charge is 2.40. The molecule has 1 saturated carbocycles. The van der Waals surface area contributed by atoms with E-state index in [1.807, 2.05) is 20.0 Å². The number of hydrogen-bond donors (Lipinski definition) is 1. The number of likely N-dealkylation sites (N-methyl/N-ethyl adjacent to an activating group) is 2. The summed E-state index contributed by atoms with van der Waals surface area (Å²) in [4.78, 5) is 13.7. The zero-order chi connectivity index (χ0) is 14.9. The second kappa shape index (κ2) is 5.61. The summed E-state index contributed by atoms with van der Waals surface area (Å²) in [5.41, 5.74) is 7.45. The van der Waals surface area contributed by atoms with Crippen LogP contribution in [0.15, 0.2) is 6.07 Å². The van der Waals surface area contributed by atoms with Gasteiger partial charge >= 0.3 is 0 Å². The predicted molar refractivity (Wildman–Crippen MR) is 86.2 cm³/mol. The first-order chi connectivity index (χ1) is 9.34. The third-order valence-corrected chi connectivity index (χ3v) is 4.41. The minimum absolute atomic E-state index is 0.241. The van der Waals surface area contributed by atoms with Crippen LogP contribution in [0.4, 0.5) is 5.95 Å². The molecule has 0 saturated heterocycles. The largest absolute Gasteiger partial charge is 0.388 e. The van der Waals surface area contributed by atoms with Crippen LogP contribution >= 0.6 is 12.2 Å². The Labute approximate surface area is 126 Å². The van der Waals surface area contributed by atoms with Crippen molar-refractivity contribution in [1.82, 2.24) is 14.9 Å². The highest BCUT2D eigenvalue weighted by molar-refractivity contribution is 7.80. The van der Waals surface area contributed by atoms with Crippen LogP contribution in [0.1, 0.15) is 30.7 Å². The molecule has 2 N–H and O–H groups in total. The fraction of sp³-hybridized carbons (Fsp3) is 0.643. The molecule has 0 aromatic carbocycles. The quantitative estimate of drug-likeness (QED) is 0.827. The molecular weight excluding hydrogens is 270 g/mol. The summed E-state index contributed by atoms with van der Waals surface area (Å²) in [6, 6.07) is 1.82. The third kappa shape index (κ3) is 2.91. The second-order valence-corrected chi connectivity index (χ2v) is 6.33. The lowest BCUT2D eigenvalue weighted by molar-refractivity contribution is 0.0680. The first-order valence-electron chi connectivity index (χ1n) is 6.88. The standard InChI is InChI=1S/C14H23N5S/c1-10-8-11(12(15)20)17-13(16-10)19(4)9-14(18(2)3)6-5-7-14/h8H,5-7,9H2,1-4H3,(H2,15,20). The Balaban J connectivity index is 2.21. The maximum absolute atomic E-state index is 5.68. The molecule has 0 spiro atoms. The average Bonchev–Trinajstić information content (AvgIpc) is 2.32. The summed E-state index contributed by atoms with van der Waals surface area (Å²) in [6.45, 7) is 2.85. The minimum atomic E-state index is 0.241. The van der Waals surface area contributed by atoms with Gasteiger partial charge in [-0.05, 0) is 46.3 Å². The van der Waals surface area contributed by atoms with E-state index < -0.39 is 0 Å². The van der Waals surface area contributed by atoms with Crippen LogP contribution in [-0.2, 0) is 0 Å². The molecule has 1 aromatic rings. The van der Waals surface area contributed by atoms with Crippen LogP contribution < -0.4 is 10.6 Å². The molecule has 1 aliphatic rings. The fourth-order valence-electron chi connectivity index (χ4n) is 2.69. The number of thiocarbonyl (C=S) groups is 1. The lowest BCUT2D eigenvalue weighted by Gasteiger charge is -2.49.